The van der Waals surface area contributed by atoms with Gasteiger partial charge < -0.3 is 9.84 Å². The van der Waals surface area contributed by atoms with Crippen LogP contribution in [0.25, 0.3) is 0 Å². The Balaban J connectivity index is 1.81. The molecule has 16 heavy (non-hydrogen) atoms. The Hall–Kier alpha value is -0.860. The summed E-state index contributed by atoms with van der Waals surface area (Å²) in [5.74, 6) is 0.680. The lowest BCUT2D eigenvalue weighted by Gasteiger charge is -2.23. The van der Waals surface area contributed by atoms with Gasteiger partial charge in [-0.3, -0.25) is 0 Å². The fourth-order valence-electron chi connectivity index (χ4n) is 3.10. The van der Waals surface area contributed by atoms with Gasteiger partial charge in [-0.2, -0.15) is 0 Å². The van der Waals surface area contributed by atoms with Crippen molar-refractivity contribution in [2.75, 3.05) is 13.2 Å². The third kappa shape index (κ3) is 1.66. The quantitative estimate of drug-likeness (QED) is 0.824. The molecular formula is C14H18O2. The zero-order valence-electron chi connectivity index (χ0n) is 9.43. The predicted octanol–water partition coefficient (Wildman–Crippen LogP) is 2.11. The summed E-state index contributed by atoms with van der Waals surface area (Å²) in [6, 6.07) is 8.53. The fourth-order valence-corrected chi connectivity index (χ4v) is 3.10. The third-order valence-corrected chi connectivity index (χ3v) is 4.04. The summed E-state index contributed by atoms with van der Waals surface area (Å²) in [4.78, 5) is 0. The lowest BCUT2D eigenvalue weighted by Crippen LogP contribution is -2.26. The summed E-state index contributed by atoms with van der Waals surface area (Å²) in [6.07, 6.45) is 3.01. The summed E-state index contributed by atoms with van der Waals surface area (Å²) < 4.78 is 5.37. The summed E-state index contributed by atoms with van der Waals surface area (Å²) in [7, 11) is 0. The molecule has 0 radical (unpaired) electrons. The second-order valence-corrected chi connectivity index (χ2v) is 4.96. The topological polar surface area (TPSA) is 29.5 Å². The van der Waals surface area contributed by atoms with Crippen molar-refractivity contribution in [3.8, 4) is 0 Å². The highest BCUT2D eigenvalue weighted by atomic mass is 16.5. The van der Waals surface area contributed by atoms with Crippen LogP contribution in [0.4, 0.5) is 0 Å². The van der Waals surface area contributed by atoms with Crippen LogP contribution >= 0.6 is 0 Å². The van der Waals surface area contributed by atoms with E-state index in [9.17, 15) is 5.11 Å². The van der Waals surface area contributed by atoms with Gasteiger partial charge in [0.2, 0.25) is 0 Å². The standard InChI is InChI=1S/C14H18O2/c15-14(11-7-8-16-9-11)13-6-5-10-3-1-2-4-12(10)13/h1-4,11,13-15H,5-9H2. The van der Waals surface area contributed by atoms with E-state index >= 15 is 0 Å². The molecule has 1 aromatic carbocycles. The van der Waals surface area contributed by atoms with Crippen molar-refractivity contribution in [1.82, 2.24) is 0 Å². The smallest absolute Gasteiger partial charge is 0.0659 e. The largest absolute Gasteiger partial charge is 0.392 e. The van der Waals surface area contributed by atoms with Crippen LogP contribution < -0.4 is 0 Å². The van der Waals surface area contributed by atoms with Gasteiger partial charge in [0.05, 0.1) is 12.7 Å². The molecule has 3 atom stereocenters. The molecule has 0 amide bonds. The summed E-state index contributed by atoms with van der Waals surface area (Å²) in [6.45, 7) is 1.55. The minimum atomic E-state index is -0.217. The minimum absolute atomic E-state index is 0.217. The first-order chi connectivity index (χ1) is 7.86. The number of aryl methyl sites for hydroxylation is 1. The first-order valence-corrected chi connectivity index (χ1v) is 6.20. The van der Waals surface area contributed by atoms with Crippen LogP contribution in [0.5, 0.6) is 0 Å². The van der Waals surface area contributed by atoms with E-state index in [1.165, 1.54) is 11.1 Å². The van der Waals surface area contributed by atoms with E-state index in [4.69, 9.17) is 4.74 Å². The lowest BCUT2D eigenvalue weighted by atomic mass is 9.86. The average molecular weight is 218 g/mol. The zero-order valence-corrected chi connectivity index (χ0v) is 9.43. The van der Waals surface area contributed by atoms with Gasteiger partial charge in [0.25, 0.3) is 0 Å². The Bertz CT molecular complexity index is 369. The first-order valence-electron chi connectivity index (χ1n) is 6.20. The SMILES string of the molecule is OC(C1CCOC1)C1CCc2ccccc21. The van der Waals surface area contributed by atoms with E-state index in [1.807, 2.05) is 0 Å². The maximum Gasteiger partial charge on any atom is 0.0659 e. The van der Waals surface area contributed by atoms with E-state index in [0.717, 1.165) is 32.5 Å². The molecule has 1 aromatic rings. The van der Waals surface area contributed by atoms with Crippen LogP contribution in [-0.2, 0) is 11.2 Å². The molecule has 3 unspecified atom stereocenters. The zero-order chi connectivity index (χ0) is 11.0. The molecule has 0 bridgehead atoms. The molecular weight excluding hydrogens is 200 g/mol. The maximum atomic E-state index is 10.4. The average Bonchev–Trinajstić information content (AvgIpc) is 2.98. The second-order valence-electron chi connectivity index (χ2n) is 4.96. The van der Waals surface area contributed by atoms with Gasteiger partial charge >= 0.3 is 0 Å². The van der Waals surface area contributed by atoms with Gasteiger partial charge in [-0.1, -0.05) is 24.3 Å². The molecule has 1 aliphatic carbocycles. The molecule has 0 aromatic heterocycles. The Morgan fingerprint density at radius 3 is 2.94 bits per heavy atom. The number of hydrogen-bond acceptors (Lipinski definition) is 2. The molecule has 1 fully saturated rings. The number of fused-ring (bicyclic) bond motifs is 1. The van der Waals surface area contributed by atoms with E-state index < -0.39 is 0 Å². The number of aliphatic hydroxyl groups is 1. The van der Waals surface area contributed by atoms with Crippen molar-refractivity contribution in [2.45, 2.75) is 31.3 Å². The number of hydrogen-bond donors (Lipinski definition) is 1. The van der Waals surface area contributed by atoms with Crippen molar-refractivity contribution in [3.05, 3.63) is 35.4 Å². The van der Waals surface area contributed by atoms with Crippen molar-refractivity contribution in [2.24, 2.45) is 5.92 Å². The van der Waals surface area contributed by atoms with Crippen molar-refractivity contribution in [3.63, 3.8) is 0 Å². The number of ether oxygens (including phenoxy) is 1. The van der Waals surface area contributed by atoms with Crippen molar-refractivity contribution >= 4 is 0 Å². The van der Waals surface area contributed by atoms with E-state index in [1.54, 1.807) is 0 Å². The number of benzene rings is 1. The minimum Gasteiger partial charge on any atom is -0.392 e. The highest BCUT2D eigenvalue weighted by molar-refractivity contribution is 5.35. The molecule has 1 N–H and O–H groups in total. The summed E-state index contributed by atoms with van der Waals surface area (Å²) in [5.41, 5.74) is 2.78. The van der Waals surface area contributed by atoms with Crippen LogP contribution in [0.3, 0.4) is 0 Å². The number of rotatable bonds is 2. The Labute approximate surface area is 96.2 Å². The van der Waals surface area contributed by atoms with Gasteiger partial charge in [-0.25, -0.2) is 0 Å². The highest BCUT2D eigenvalue weighted by Gasteiger charge is 2.34. The van der Waals surface area contributed by atoms with E-state index in [-0.39, 0.29) is 6.10 Å². The third-order valence-electron chi connectivity index (χ3n) is 4.04. The van der Waals surface area contributed by atoms with E-state index in [2.05, 4.69) is 24.3 Å². The summed E-state index contributed by atoms with van der Waals surface area (Å²) >= 11 is 0. The van der Waals surface area contributed by atoms with Crippen LogP contribution in [0.15, 0.2) is 24.3 Å². The van der Waals surface area contributed by atoms with Gasteiger partial charge in [0.1, 0.15) is 0 Å². The van der Waals surface area contributed by atoms with Gasteiger partial charge in [-0.15, -0.1) is 0 Å². The molecule has 2 aliphatic rings. The molecule has 0 saturated carbocycles. The molecule has 1 saturated heterocycles. The molecule has 1 heterocycles. The molecule has 1 aliphatic heterocycles. The fraction of sp³-hybridized carbons (Fsp3) is 0.571. The maximum absolute atomic E-state index is 10.4. The van der Waals surface area contributed by atoms with Gasteiger partial charge in [-0.05, 0) is 30.4 Å². The Kier molecular flexibility index (Phi) is 2.70. The lowest BCUT2D eigenvalue weighted by molar-refractivity contribution is 0.0693. The van der Waals surface area contributed by atoms with Crippen LogP contribution in [0, 0.1) is 5.92 Å². The van der Waals surface area contributed by atoms with Crippen LogP contribution in [0.2, 0.25) is 0 Å². The van der Waals surface area contributed by atoms with Crippen LogP contribution in [0.1, 0.15) is 29.9 Å². The van der Waals surface area contributed by atoms with Crippen molar-refractivity contribution in [1.29, 1.82) is 0 Å². The van der Waals surface area contributed by atoms with Crippen LogP contribution in [-0.4, -0.2) is 24.4 Å². The molecule has 2 heteroatoms. The Morgan fingerprint density at radius 2 is 2.12 bits per heavy atom. The highest BCUT2D eigenvalue weighted by Crippen LogP contribution is 2.38. The monoisotopic (exact) mass is 218 g/mol. The second kappa shape index (κ2) is 4.19. The van der Waals surface area contributed by atoms with E-state index in [0.29, 0.717) is 11.8 Å². The molecule has 0 spiro atoms. The van der Waals surface area contributed by atoms with Gasteiger partial charge in [0.15, 0.2) is 0 Å². The Morgan fingerprint density at radius 1 is 1.25 bits per heavy atom. The molecule has 3 rings (SSSR count). The molecule has 86 valence electrons. The summed E-state index contributed by atoms with van der Waals surface area (Å²) in [5, 5.41) is 10.4. The van der Waals surface area contributed by atoms with Crippen molar-refractivity contribution < 1.29 is 9.84 Å². The predicted molar refractivity (Wildman–Crippen MR) is 62.4 cm³/mol. The number of aliphatic hydroxyl groups excluding tert-OH is 1. The molecule has 2 nitrogen and oxygen atoms in total. The normalized spacial score (nSPS) is 30.3. The van der Waals surface area contributed by atoms with Gasteiger partial charge in [0, 0.05) is 18.4 Å². The first kappa shape index (κ1) is 10.3.